The van der Waals surface area contributed by atoms with Gasteiger partial charge in [0, 0.05) is 11.1 Å². The lowest BCUT2D eigenvalue weighted by atomic mass is 9.97. The second kappa shape index (κ2) is 7.64. The first kappa shape index (κ1) is 17.5. The van der Waals surface area contributed by atoms with Crippen molar-refractivity contribution in [3.05, 3.63) is 70.8 Å². The molecule has 0 aliphatic heterocycles. The Hall–Kier alpha value is -1.82. The van der Waals surface area contributed by atoms with Crippen LogP contribution < -0.4 is 0 Å². The van der Waals surface area contributed by atoms with Crippen LogP contribution in [0.5, 0.6) is 0 Å². The summed E-state index contributed by atoms with van der Waals surface area (Å²) in [4.78, 5) is 12.4. The van der Waals surface area contributed by atoms with Crippen LogP contribution in [0, 0.1) is 0 Å². The maximum Gasteiger partial charge on any atom is 0.193 e. The summed E-state index contributed by atoms with van der Waals surface area (Å²) in [5, 5.41) is 8.15. The number of aliphatic hydroxyl groups excluding tert-OH is 1. The molecule has 0 bridgehead atoms. The van der Waals surface area contributed by atoms with Crippen molar-refractivity contribution in [2.24, 2.45) is 0 Å². The highest BCUT2D eigenvalue weighted by molar-refractivity contribution is 7.79. The molecule has 5 heteroatoms. The molecule has 0 radical (unpaired) electrons. The monoisotopic (exact) mass is 331 g/mol. The van der Waals surface area contributed by atoms with Crippen LogP contribution in [-0.4, -0.2) is 26.3 Å². The highest BCUT2D eigenvalue weighted by atomic mass is 32.2. The summed E-state index contributed by atoms with van der Waals surface area (Å²) in [6.45, 7) is 3.69. The molecule has 2 atom stereocenters. The molecule has 0 spiro atoms. The summed E-state index contributed by atoms with van der Waals surface area (Å²) >= 11 is -2.40. The quantitative estimate of drug-likeness (QED) is 0.652. The number of rotatable bonds is 6. The topological polar surface area (TPSA) is 77.4 Å². The van der Waals surface area contributed by atoms with Gasteiger partial charge in [0.2, 0.25) is 0 Å². The van der Waals surface area contributed by atoms with Crippen LogP contribution in [0.2, 0.25) is 0 Å². The van der Waals surface area contributed by atoms with Crippen LogP contribution in [0.3, 0.4) is 0 Å². The van der Waals surface area contributed by atoms with E-state index in [1.165, 1.54) is 5.56 Å². The minimum Gasteiger partial charge on any atom is -0.772 e. The van der Waals surface area contributed by atoms with E-state index in [4.69, 9.17) is 5.11 Å². The SMILES string of the molecule is CC(C)c1ccc(C(=O)c2ccc(C(CO)S(=O)[O-])cc2)cc1. The van der Waals surface area contributed by atoms with Crippen molar-refractivity contribution in [3.63, 3.8) is 0 Å². The molecule has 4 nitrogen and oxygen atoms in total. The molecule has 1 N–H and O–H groups in total. The number of hydrogen-bond donors (Lipinski definition) is 1. The van der Waals surface area contributed by atoms with Gasteiger partial charge in [-0.1, -0.05) is 62.4 Å². The summed E-state index contributed by atoms with van der Waals surface area (Å²) in [6.07, 6.45) is 0. The molecule has 0 aliphatic rings. The van der Waals surface area contributed by atoms with E-state index in [0.29, 0.717) is 22.6 Å². The minimum atomic E-state index is -2.40. The summed E-state index contributed by atoms with van der Waals surface area (Å²) in [5.41, 5.74) is 2.71. The van der Waals surface area contributed by atoms with Gasteiger partial charge in [-0.25, -0.2) is 0 Å². The highest BCUT2D eigenvalue weighted by Gasteiger charge is 2.13. The van der Waals surface area contributed by atoms with E-state index in [1.54, 1.807) is 36.4 Å². The Morgan fingerprint density at radius 1 is 1.00 bits per heavy atom. The minimum absolute atomic E-state index is 0.115. The average Bonchev–Trinajstić information content (AvgIpc) is 2.55. The zero-order valence-corrected chi connectivity index (χ0v) is 13.9. The third-order valence-electron chi connectivity index (χ3n) is 3.78. The van der Waals surface area contributed by atoms with Crippen molar-refractivity contribution >= 4 is 16.9 Å². The Labute approximate surface area is 138 Å². The molecule has 0 heterocycles. The van der Waals surface area contributed by atoms with Crippen molar-refractivity contribution in [2.45, 2.75) is 25.0 Å². The molecule has 122 valence electrons. The lowest BCUT2D eigenvalue weighted by molar-refractivity contribution is 0.103. The van der Waals surface area contributed by atoms with Crippen molar-refractivity contribution < 1.29 is 18.7 Å². The largest absolute Gasteiger partial charge is 0.772 e. The van der Waals surface area contributed by atoms with E-state index in [2.05, 4.69) is 13.8 Å². The van der Waals surface area contributed by atoms with Crippen LogP contribution in [-0.2, 0) is 11.1 Å². The number of aliphatic hydroxyl groups is 1. The average molecular weight is 331 g/mol. The Kier molecular flexibility index (Phi) is 5.82. The van der Waals surface area contributed by atoms with E-state index in [1.807, 2.05) is 12.1 Å². The molecule has 0 fully saturated rings. The van der Waals surface area contributed by atoms with Gasteiger partial charge in [-0.2, -0.15) is 0 Å². The van der Waals surface area contributed by atoms with Gasteiger partial charge in [0.1, 0.15) is 0 Å². The molecule has 0 saturated heterocycles. The van der Waals surface area contributed by atoms with Gasteiger partial charge in [0.15, 0.2) is 5.78 Å². The third kappa shape index (κ3) is 4.13. The van der Waals surface area contributed by atoms with E-state index in [9.17, 15) is 13.6 Å². The smallest absolute Gasteiger partial charge is 0.193 e. The van der Waals surface area contributed by atoms with Crippen LogP contribution in [0.15, 0.2) is 48.5 Å². The van der Waals surface area contributed by atoms with Gasteiger partial charge in [0.25, 0.3) is 0 Å². The van der Waals surface area contributed by atoms with Crippen LogP contribution >= 0.6 is 0 Å². The molecule has 2 rings (SSSR count). The lowest BCUT2D eigenvalue weighted by Gasteiger charge is -2.17. The second-order valence-corrected chi connectivity index (χ2v) is 6.75. The first-order valence-corrected chi connectivity index (χ1v) is 8.51. The number of benzene rings is 2. The van der Waals surface area contributed by atoms with E-state index >= 15 is 0 Å². The summed E-state index contributed by atoms with van der Waals surface area (Å²) in [7, 11) is 0. The number of ketones is 1. The fourth-order valence-corrected chi connectivity index (χ4v) is 2.81. The Bertz CT molecular complexity index is 690. The van der Waals surface area contributed by atoms with Crippen molar-refractivity contribution in [2.75, 3.05) is 6.61 Å². The number of carbonyl (C=O) groups excluding carboxylic acids is 1. The van der Waals surface area contributed by atoms with E-state index < -0.39 is 22.9 Å². The standard InChI is InChI=1S/C18H20O4S/c1-12(2)13-3-7-15(8-4-13)18(20)16-9-5-14(6-10-16)17(11-19)23(21)22/h3-10,12,17,19H,11H2,1-2H3,(H,21,22)/p-1. The Morgan fingerprint density at radius 3 is 1.78 bits per heavy atom. The first-order chi connectivity index (χ1) is 10.9. The fourth-order valence-electron chi connectivity index (χ4n) is 2.31. The molecule has 0 saturated carbocycles. The van der Waals surface area contributed by atoms with Crippen molar-refractivity contribution in [1.29, 1.82) is 0 Å². The molecule has 2 aromatic carbocycles. The molecular weight excluding hydrogens is 312 g/mol. The van der Waals surface area contributed by atoms with Crippen molar-refractivity contribution in [1.82, 2.24) is 0 Å². The van der Waals surface area contributed by atoms with Crippen molar-refractivity contribution in [3.8, 4) is 0 Å². The number of hydrogen-bond acceptors (Lipinski definition) is 4. The maximum atomic E-state index is 12.4. The predicted octanol–water partition coefficient (Wildman–Crippen LogP) is 2.95. The Morgan fingerprint density at radius 2 is 1.43 bits per heavy atom. The fraction of sp³-hybridized carbons (Fsp3) is 0.278. The summed E-state index contributed by atoms with van der Waals surface area (Å²) in [5.74, 6) is 0.289. The molecule has 23 heavy (non-hydrogen) atoms. The molecular formula is C18H19O4S-. The summed E-state index contributed by atoms with van der Waals surface area (Å²) < 4.78 is 22.1. The van der Waals surface area contributed by atoms with Crippen LogP contribution in [0.25, 0.3) is 0 Å². The predicted molar refractivity (Wildman–Crippen MR) is 89.2 cm³/mol. The molecule has 2 aromatic rings. The molecule has 0 amide bonds. The van der Waals surface area contributed by atoms with Crippen LogP contribution in [0.4, 0.5) is 0 Å². The normalized spacial score (nSPS) is 13.8. The van der Waals surface area contributed by atoms with Gasteiger partial charge >= 0.3 is 0 Å². The lowest BCUT2D eigenvalue weighted by Crippen LogP contribution is -2.11. The molecule has 0 aliphatic carbocycles. The first-order valence-electron chi connectivity index (χ1n) is 7.37. The zero-order chi connectivity index (χ0) is 17.0. The van der Waals surface area contributed by atoms with Gasteiger partial charge in [0.05, 0.1) is 11.9 Å². The third-order valence-corrected chi connectivity index (χ3v) is 4.67. The Balaban J connectivity index is 2.21. The van der Waals surface area contributed by atoms with E-state index in [0.717, 1.165) is 0 Å². The maximum absolute atomic E-state index is 12.4. The van der Waals surface area contributed by atoms with Gasteiger partial charge in [-0.05, 0) is 28.1 Å². The highest BCUT2D eigenvalue weighted by Crippen LogP contribution is 2.21. The van der Waals surface area contributed by atoms with Crippen LogP contribution in [0.1, 0.15) is 52.1 Å². The molecule has 2 unspecified atom stereocenters. The molecule has 0 aromatic heterocycles. The van der Waals surface area contributed by atoms with Gasteiger partial charge < -0.3 is 9.66 Å². The van der Waals surface area contributed by atoms with Gasteiger partial charge in [-0.3, -0.25) is 9.00 Å². The zero-order valence-electron chi connectivity index (χ0n) is 13.1. The second-order valence-electron chi connectivity index (χ2n) is 5.66. The van der Waals surface area contributed by atoms with E-state index in [-0.39, 0.29) is 5.78 Å². The summed E-state index contributed by atoms with van der Waals surface area (Å²) in [6, 6.07) is 13.8. The number of carbonyl (C=O) groups is 1. The van der Waals surface area contributed by atoms with Gasteiger partial charge in [-0.15, -0.1) is 0 Å².